The number of nitrogens with zero attached hydrogens (tertiary/aromatic N) is 1. The molecule has 0 aromatic carbocycles. The predicted octanol–water partition coefficient (Wildman–Crippen LogP) is 4.02. The molecule has 2 N–H and O–H groups in total. The first kappa shape index (κ1) is 35.9. The molecule has 1 heterocycles. The molecule has 0 aromatic rings. The van der Waals surface area contributed by atoms with Crippen LogP contribution < -0.4 is 10.6 Å². The molecular formula is C33H53N3O7S. The lowest BCUT2D eigenvalue weighted by Crippen LogP contribution is -2.59. The number of piperidine rings is 1. The summed E-state index contributed by atoms with van der Waals surface area (Å²) in [7, 11) is -3.27. The summed E-state index contributed by atoms with van der Waals surface area (Å²) in [4.78, 5) is 68.9. The Bertz CT molecular complexity index is 1230. The number of Topliss-reactive ketones (excluding diaryl/α,β-unsaturated/α-hetero) is 3. The van der Waals surface area contributed by atoms with Gasteiger partial charge >= 0.3 is 6.03 Å². The van der Waals surface area contributed by atoms with Gasteiger partial charge in [0.25, 0.3) is 0 Å². The second-order valence-electron chi connectivity index (χ2n) is 14.9. The molecule has 11 heteroatoms. The van der Waals surface area contributed by atoms with E-state index in [1.165, 1.54) is 0 Å². The molecule has 2 aliphatic carbocycles. The topological polar surface area (TPSA) is 147 Å². The molecule has 1 saturated heterocycles. The van der Waals surface area contributed by atoms with Crippen LogP contribution in [0.25, 0.3) is 0 Å². The van der Waals surface area contributed by atoms with Crippen molar-refractivity contribution >= 4 is 39.1 Å². The number of fused-ring (bicyclic) bond motifs is 1. The van der Waals surface area contributed by atoms with Gasteiger partial charge in [0.05, 0.1) is 11.8 Å². The van der Waals surface area contributed by atoms with Crippen LogP contribution in [0.15, 0.2) is 12.7 Å². The van der Waals surface area contributed by atoms with Crippen molar-refractivity contribution in [2.75, 3.05) is 18.6 Å². The average molecular weight is 636 g/mol. The van der Waals surface area contributed by atoms with Gasteiger partial charge in [0.2, 0.25) is 11.7 Å². The summed E-state index contributed by atoms with van der Waals surface area (Å²) in [5.41, 5.74) is -0.631. The monoisotopic (exact) mass is 635 g/mol. The van der Waals surface area contributed by atoms with Gasteiger partial charge < -0.3 is 15.5 Å². The van der Waals surface area contributed by atoms with Crippen LogP contribution in [0, 0.1) is 29.1 Å². The van der Waals surface area contributed by atoms with Crippen LogP contribution in [0.5, 0.6) is 0 Å². The summed E-state index contributed by atoms with van der Waals surface area (Å²) < 4.78 is 23.0. The van der Waals surface area contributed by atoms with E-state index in [2.05, 4.69) is 31.1 Å². The molecular weight excluding hydrogens is 582 g/mol. The van der Waals surface area contributed by atoms with E-state index in [0.29, 0.717) is 13.0 Å². The Balaban J connectivity index is 1.82. The third-order valence-corrected chi connectivity index (χ3v) is 10.7. The zero-order chi connectivity index (χ0) is 33.0. The number of amides is 3. The molecule has 3 amide bonds. The lowest BCUT2D eigenvalue weighted by atomic mass is 9.82. The van der Waals surface area contributed by atoms with Crippen molar-refractivity contribution in [3.05, 3.63) is 12.7 Å². The highest BCUT2D eigenvalue weighted by molar-refractivity contribution is 7.90. The van der Waals surface area contributed by atoms with Crippen LogP contribution in [-0.2, 0) is 29.0 Å². The maximum Gasteiger partial charge on any atom is 0.315 e. The first-order valence-electron chi connectivity index (χ1n) is 16.1. The molecule has 3 fully saturated rings. The van der Waals surface area contributed by atoms with E-state index in [-0.39, 0.29) is 66.3 Å². The molecule has 44 heavy (non-hydrogen) atoms. The van der Waals surface area contributed by atoms with E-state index in [0.717, 1.165) is 38.4 Å². The zero-order valence-electron chi connectivity index (χ0n) is 27.4. The Hall–Kier alpha value is -2.56. The lowest BCUT2D eigenvalue weighted by molar-refractivity contribution is -0.144. The summed E-state index contributed by atoms with van der Waals surface area (Å²) in [5, 5.41) is 5.85. The molecule has 3 rings (SSSR count). The van der Waals surface area contributed by atoms with Crippen molar-refractivity contribution in [2.24, 2.45) is 29.1 Å². The molecule has 10 nitrogen and oxygen atoms in total. The first-order chi connectivity index (χ1) is 20.4. The summed E-state index contributed by atoms with van der Waals surface area (Å²) in [6, 6.07) is -1.91. The number of hydrogen-bond acceptors (Lipinski definition) is 7. The molecule has 1 aliphatic heterocycles. The number of likely N-dealkylation sites (tertiary alicyclic amines) is 1. The smallest absolute Gasteiger partial charge is 0.315 e. The molecule has 248 valence electrons. The standard InChI is InChI=1S/C33H53N3O7S/c1-8-9-14-22(29(39)24(37)17-13-18-44(7,42)43)19-25(38)28-26-23(33(26,5)6)20-36(28)30(40)27(21-15-11-10-12-16-21)34-31(41)35-32(2,3)4/h8,21-23,26-28H,1,9-20H2,2-7H3,(H2,34,35,41)/t22?,23-,26-,27-,28+/m0/s1. The highest BCUT2D eigenvalue weighted by Crippen LogP contribution is 2.65. The largest absolute Gasteiger partial charge is 0.334 e. The van der Waals surface area contributed by atoms with E-state index in [4.69, 9.17) is 0 Å². The number of sulfone groups is 1. The van der Waals surface area contributed by atoms with Gasteiger partial charge in [-0.1, -0.05) is 39.2 Å². The molecule has 0 spiro atoms. The molecule has 0 radical (unpaired) electrons. The van der Waals surface area contributed by atoms with Crippen LogP contribution in [0.2, 0.25) is 0 Å². The molecule has 0 bridgehead atoms. The number of rotatable bonds is 15. The fourth-order valence-electron chi connectivity index (χ4n) is 7.28. The fraction of sp³-hybridized carbons (Fsp3) is 0.788. The maximum absolute atomic E-state index is 14.3. The van der Waals surface area contributed by atoms with Crippen molar-refractivity contribution in [1.82, 2.24) is 15.5 Å². The van der Waals surface area contributed by atoms with Gasteiger partial charge in [-0.15, -0.1) is 6.58 Å². The minimum Gasteiger partial charge on any atom is -0.334 e. The van der Waals surface area contributed by atoms with Crippen molar-refractivity contribution in [2.45, 2.75) is 116 Å². The number of allylic oxidation sites excluding steroid dienone is 1. The minimum atomic E-state index is -3.27. The van der Waals surface area contributed by atoms with Crippen molar-refractivity contribution < 1.29 is 32.4 Å². The number of urea groups is 1. The van der Waals surface area contributed by atoms with Gasteiger partial charge in [-0.2, -0.15) is 0 Å². The number of nitrogens with one attached hydrogen (secondary N) is 2. The summed E-state index contributed by atoms with van der Waals surface area (Å²) in [6.07, 6.45) is 7.76. The Morgan fingerprint density at radius 3 is 2.27 bits per heavy atom. The first-order valence-corrected chi connectivity index (χ1v) is 18.2. The summed E-state index contributed by atoms with van der Waals surface area (Å²) >= 11 is 0. The van der Waals surface area contributed by atoms with Gasteiger partial charge in [0.15, 0.2) is 11.6 Å². The van der Waals surface area contributed by atoms with E-state index >= 15 is 0 Å². The van der Waals surface area contributed by atoms with Gasteiger partial charge in [-0.3, -0.25) is 19.2 Å². The highest BCUT2D eigenvalue weighted by Gasteiger charge is 2.69. The minimum absolute atomic E-state index is 0.0332. The molecule has 0 aromatic heterocycles. The number of carbonyl (C=O) groups is 5. The van der Waals surface area contributed by atoms with Crippen molar-refractivity contribution in [1.29, 1.82) is 0 Å². The Labute approximate surface area is 263 Å². The van der Waals surface area contributed by atoms with Crippen molar-refractivity contribution in [3.63, 3.8) is 0 Å². The second-order valence-corrected chi connectivity index (χ2v) is 17.1. The fourth-order valence-corrected chi connectivity index (χ4v) is 7.95. The number of carbonyl (C=O) groups excluding carboxylic acids is 5. The Kier molecular flexibility index (Phi) is 11.6. The van der Waals surface area contributed by atoms with Crippen LogP contribution in [0.4, 0.5) is 4.79 Å². The van der Waals surface area contributed by atoms with Gasteiger partial charge in [0.1, 0.15) is 15.9 Å². The Morgan fingerprint density at radius 2 is 1.70 bits per heavy atom. The van der Waals surface area contributed by atoms with Crippen LogP contribution in [0.3, 0.4) is 0 Å². The summed E-state index contributed by atoms with van der Waals surface area (Å²) in [6.45, 7) is 13.9. The second kappa shape index (κ2) is 14.3. The zero-order valence-corrected chi connectivity index (χ0v) is 28.3. The van der Waals surface area contributed by atoms with Crippen LogP contribution in [0.1, 0.15) is 98.8 Å². The van der Waals surface area contributed by atoms with E-state index < -0.39 is 51.0 Å². The highest BCUT2D eigenvalue weighted by atomic mass is 32.2. The predicted molar refractivity (Wildman–Crippen MR) is 170 cm³/mol. The molecule has 2 saturated carbocycles. The van der Waals surface area contributed by atoms with Gasteiger partial charge in [0, 0.05) is 37.1 Å². The lowest BCUT2D eigenvalue weighted by Gasteiger charge is -2.37. The normalized spacial score (nSPS) is 24.5. The third kappa shape index (κ3) is 9.23. The Morgan fingerprint density at radius 1 is 1.07 bits per heavy atom. The van der Waals surface area contributed by atoms with Crippen molar-refractivity contribution in [3.8, 4) is 0 Å². The molecule has 3 aliphatic rings. The molecule has 5 atom stereocenters. The van der Waals surface area contributed by atoms with Gasteiger partial charge in [-0.25, -0.2) is 13.2 Å². The number of hydrogen-bond donors (Lipinski definition) is 2. The van der Waals surface area contributed by atoms with E-state index in [1.54, 1.807) is 11.0 Å². The van der Waals surface area contributed by atoms with E-state index in [9.17, 15) is 32.4 Å². The number of ketones is 3. The maximum atomic E-state index is 14.3. The average Bonchev–Trinajstić information content (AvgIpc) is 3.24. The molecule has 1 unspecified atom stereocenters. The summed E-state index contributed by atoms with van der Waals surface area (Å²) in [5.74, 6) is -2.86. The third-order valence-electron chi connectivity index (χ3n) is 9.72. The van der Waals surface area contributed by atoms with Gasteiger partial charge in [-0.05, 0) is 76.0 Å². The SMILES string of the molecule is C=CCCC(CC(=O)[C@@H]1[C@@H]2[C@H](CN1C(=O)[C@@H](NC(=O)NC(C)(C)C)C1CCCCC1)C2(C)C)C(=O)C(=O)CCCS(C)(=O)=O. The quantitative estimate of drug-likeness (QED) is 0.204. The van der Waals surface area contributed by atoms with E-state index in [1.807, 2.05) is 20.8 Å². The van der Waals surface area contributed by atoms with Crippen LogP contribution in [-0.4, -0.2) is 78.8 Å². The van der Waals surface area contributed by atoms with Crippen LogP contribution >= 0.6 is 0 Å².